The van der Waals surface area contributed by atoms with Gasteiger partial charge in [0.2, 0.25) is 0 Å². The fraction of sp³-hybridized carbons (Fsp3) is 0.125. The zero-order chi connectivity index (χ0) is 19.2. The quantitative estimate of drug-likeness (QED) is 0.470. The van der Waals surface area contributed by atoms with Crippen molar-refractivity contribution in [2.75, 3.05) is 6.54 Å². The van der Waals surface area contributed by atoms with Gasteiger partial charge in [0.15, 0.2) is 4.80 Å². The highest BCUT2D eigenvalue weighted by Gasteiger charge is 2.08. The predicted molar refractivity (Wildman–Crippen MR) is 119 cm³/mol. The summed E-state index contributed by atoms with van der Waals surface area (Å²) in [5.41, 5.74) is 11.6. The van der Waals surface area contributed by atoms with Crippen molar-refractivity contribution in [2.45, 2.75) is 13.0 Å². The van der Waals surface area contributed by atoms with E-state index in [-0.39, 0.29) is 0 Å². The first kappa shape index (κ1) is 18.4. The van der Waals surface area contributed by atoms with Crippen molar-refractivity contribution in [3.63, 3.8) is 0 Å². The van der Waals surface area contributed by atoms with Gasteiger partial charge in [-0.25, -0.2) is 4.99 Å². The van der Waals surface area contributed by atoms with Gasteiger partial charge in [-0.15, -0.1) is 11.3 Å². The van der Waals surface area contributed by atoms with E-state index in [4.69, 9.17) is 10.7 Å². The maximum absolute atomic E-state index is 5.78. The van der Waals surface area contributed by atoms with Crippen LogP contribution in [0.4, 0.5) is 5.69 Å². The molecule has 28 heavy (non-hydrogen) atoms. The summed E-state index contributed by atoms with van der Waals surface area (Å²) in [5, 5.41) is 2.19. The van der Waals surface area contributed by atoms with Crippen LogP contribution < -0.4 is 10.5 Å². The zero-order valence-corrected chi connectivity index (χ0v) is 16.5. The van der Waals surface area contributed by atoms with Crippen molar-refractivity contribution in [1.29, 1.82) is 0 Å². The molecule has 1 heterocycles. The Morgan fingerprint density at radius 3 is 2.04 bits per heavy atom. The molecule has 0 aliphatic carbocycles. The highest BCUT2D eigenvalue weighted by molar-refractivity contribution is 7.07. The Labute approximate surface area is 169 Å². The molecule has 0 atom stereocenters. The molecule has 3 nitrogen and oxygen atoms in total. The van der Waals surface area contributed by atoms with Crippen LogP contribution in [0.2, 0.25) is 0 Å². The number of para-hydroxylation sites is 1. The molecule has 0 aliphatic heterocycles. The first-order valence-electron chi connectivity index (χ1n) is 9.49. The van der Waals surface area contributed by atoms with Gasteiger partial charge in [0, 0.05) is 11.9 Å². The number of thiazole rings is 1. The number of rotatable bonds is 6. The molecule has 4 heteroatoms. The topological polar surface area (TPSA) is 43.3 Å². The summed E-state index contributed by atoms with van der Waals surface area (Å²) in [7, 11) is 0. The third-order valence-electron chi connectivity index (χ3n) is 4.65. The standard InChI is InChI=1S/C24H23N3S/c25-16-7-17-27-23(18-28-24(27)26-22-10-5-2-6-11-22)21-14-12-20(13-15-21)19-8-3-1-4-9-19/h1-6,8-15,18H,7,16-17,25H2. The Hall–Kier alpha value is -2.95. The minimum atomic E-state index is 0.667. The molecule has 0 radical (unpaired) electrons. The van der Waals surface area contributed by atoms with E-state index in [0.717, 1.165) is 23.5 Å². The molecule has 0 aliphatic rings. The van der Waals surface area contributed by atoms with Gasteiger partial charge >= 0.3 is 0 Å². The van der Waals surface area contributed by atoms with Crippen molar-refractivity contribution < 1.29 is 0 Å². The first-order chi connectivity index (χ1) is 13.8. The normalized spacial score (nSPS) is 11.7. The second kappa shape index (κ2) is 8.83. The van der Waals surface area contributed by atoms with Crippen LogP contribution in [-0.4, -0.2) is 11.1 Å². The van der Waals surface area contributed by atoms with Gasteiger partial charge in [-0.3, -0.25) is 0 Å². The SMILES string of the molecule is NCCCn1c(-c2ccc(-c3ccccc3)cc2)csc1=Nc1ccccc1. The van der Waals surface area contributed by atoms with Crippen molar-refractivity contribution in [3.05, 3.63) is 95.1 Å². The molecular formula is C24H23N3S. The van der Waals surface area contributed by atoms with Crippen LogP contribution in [0.3, 0.4) is 0 Å². The molecule has 140 valence electrons. The third-order valence-corrected chi connectivity index (χ3v) is 5.52. The first-order valence-corrected chi connectivity index (χ1v) is 10.4. The number of hydrogen-bond acceptors (Lipinski definition) is 3. The van der Waals surface area contributed by atoms with E-state index in [2.05, 4.69) is 58.5 Å². The lowest BCUT2D eigenvalue weighted by atomic mass is 10.0. The van der Waals surface area contributed by atoms with Crippen molar-refractivity contribution in [3.8, 4) is 22.4 Å². The number of hydrogen-bond donors (Lipinski definition) is 1. The van der Waals surface area contributed by atoms with Crippen LogP contribution >= 0.6 is 11.3 Å². The van der Waals surface area contributed by atoms with E-state index in [1.165, 1.54) is 22.4 Å². The summed E-state index contributed by atoms with van der Waals surface area (Å²) >= 11 is 1.67. The van der Waals surface area contributed by atoms with Crippen molar-refractivity contribution >= 4 is 17.0 Å². The average molecular weight is 386 g/mol. The maximum atomic E-state index is 5.78. The molecule has 0 spiro atoms. The Morgan fingerprint density at radius 2 is 1.36 bits per heavy atom. The second-order valence-electron chi connectivity index (χ2n) is 6.59. The smallest absolute Gasteiger partial charge is 0.190 e. The molecular weight excluding hydrogens is 362 g/mol. The van der Waals surface area contributed by atoms with E-state index in [9.17, 15) is 0 Å². The second-order valence-corrected chi connectivity index (χ2v) is 7.42. The molecule has 2 N–H and O–H groups in total. The average Bonchev–Trinajstić information content (AvgIpc) is 3.16. The molecule has 0 saturated carbocycles. The highest BCUT2D eigenvalue weighted by Crippen LogP contribution is 2.25. The molecule has 3 aromatic carbocycles. The minimum Gasteiger partial charge on any atom is -0.330 e. The molecule has 4 rings (SSSR count). The van der Waals surface area contributed by atoms with Gasteiger partial charge in [-0.05, 0) is 41.8 Å². The van der Waals surface area contributed by atoms with Gasteiger partial charge in [-0.1, -0.05) is 72.8 Å². The van der Waals surface area contributed by atoms with Crippen LogP contribution in [0.5, 0.6) is 0 Å². The molecule has 0 fully saturated rings. The lowest BCUT2D eigenvalue weighted by Gasteiger charge is -2.09. The summed E-state index contributed by atoms with van der Waals surface area (Å²) in [6.07, 6.45) is 0.924. The summed E-state index contributed by atoms with van der Waals surface area (Å²) in [5.74, 6) is 0. The fourth-order valence-corrected chi connectivity index (χ4v) is 4.15. The Balaban J connectivity index is 1.72. The minimum absolute atomic E-state index is 0.667. The third kappa shape index (κ3) is 4.14. The Morgan fingerprint density at radius 1 is 0.750 bits per heavy atom. The molecule has 0 bridgehead atoms. The number of aromatic nitrogens is 1. The monoisotopic (exact) mass is 385 g/mol. The van der Waals surface area contributed by atoms with Crippen LogP contribution in [0.15, 0.2) is 95.3 Å². The van der Waals surface area contributed by atoms with E-state index >= 15 is 0 Å². The molecule has 1 aromatic heterocycles. The van der Waals surface area contributed by atoms with Crippen LogP contribution in [0, 0.1) is 0 Å². The summed E-state index contributed by atoms with van der Waals surface area (Å²) in [6, 6.07) is 29.3. The lowest BCUT2D eigenvalue weighted by Crippen LogP contribution is -2.18. The maximum Gasteiger partial charge on any atom is 0.190 e. The van der Waals surface area contributed by atoms with Crippen LogP contribution in [-0.2, 0) is 6.54 Å². The van der Waals surface area contributed by atoms with Gasteiger partial charge in [-0.2, -0.15) is 0 Å². The van der Waals surface area contributed by atoms with Gasteiger partial charge in [0.1, 0.15) is 0 Å². The largest absolute Gasteiger partial charge is 0.330 e. The summed E-state index contributed by atoms with van der Waals surface area (Å²) in [6.45, 7) is 1.53. The molecule has 4 aromatic rings. The number of nitrogens with two attached hydrogens (primary N) is 1. The fourth-order valence-electron chi connectivity index (χ4n) is 3.19. The summed E-state index contributed by atoms with van der Waals surface area (Å²) < 4.78 is 2.28. The zero-order valence-electron chi connectivity index (χ0n) is 15.7. The molecule has 0 unspecified atom stereocenters. The summed E-state index contributed by atoms with van der Waals surface area (Å²) in [4.78, 5) is 5.85. The van der Waals surface area contributed by atoms with Gasteiger partial charge < -0.3 is 10.3 Å². The van der Waals surface area contributed by atoms with E-state index in [0.29, 0.717) is 6.54 Å². The predicted octanol–water partition coefficient (Wildman–Crippen LogP) is 5.46. The molecule has 0 saturated heterocycles. The van der Waals surface area contributed by atoms with Crippen molar-refractivity contribution in [1.82, 2.24) is 4.57 Å². The number of nitrogens with zero attached hydrogens (tertiary/aromatic N) is 2. The highest BCUT2D eigenvalue weighted by atomic mass is 32.1. The van der Waals surface area contributed by atoms with E-state index in [1.807, 2.05) is 36.4 Å². The van der Waals surface area contributed by atoms with Crippen molar-refractivity contribution in [2.24, 2.45) is 10.7 Å². The Bertz CT molecular complexity index is 1080. The van der Waals surface area contributed by atoms with Gasteiger partial charge in [0.25, 0.3) is 0 Å². The van der Waals surface area contributed by atoms with E-state index < -0.39 is 0 Å². The lowest BCUT2D eigenvalue weighted by molar-refractivity contribution is 0.641. The molecule has 0 amide bonds. The van der Waals surface area contributed by atoms with Gasteiger partial charge in [0.05, 0.1) is 11.4 Å². The van der Waals surface area contributed by atoms with Crippen LogP contribution in [0.25, 0.3) is 22.4 Å². The van der Waals surface area contributed by atoms with E-state index in [1.54, 1.807) is 11.3 Å². The van der Waals surface area contributed by atoms with Crippen LogP contribution in [0.1, 0.15) is 6.42 Å². The Kier molecular flexibility index (Phi) is 5.80. The number of benzene rings is 3.